The molecule has 0 fully saturated rings. The van der Waals surface area contributed by atoms with Gasteiger partial charge < -0.3 is 36.0 Å². The zero-order valence-corrected chi connectivity index (χ0v) is 23.0. The number of nitrogens with one attached hydrogen (secondary N) is 4. The maximum absolute atomic E-state index is 13.1. The van der Waals surface area contributed by atoms with Crippen LogP contribution < -0.4 is 27.0 Å². The molecule has 0 aliphatic rings. The Kier molecular flexibility index (Phi) is 17.1. The highest BCUT2D eigenvalue weighted by Gasteiger charge is 2.27. The van der Waals surface area contributed by atoms with Gasteiger partial charge in [0.15, 0.2) is 9.03 Å². The van der Waals surface area contributed by atoms with Crippen molar-refractivity contribution in [2.75, 3.05) is 32.8 Å². The molecule has 6 N–H and O–H groups in total. The number of amides is 4. The molecule has 1 rings (SSSR count). The van der Waals surface area contributed by atoms with Gasteiger partial charge in [0.05, 0.1) is 26.3 Å². The maximum Gasteiger partial charge on any atom is 0.243 e. The predicted octanol–water partition coefficient (Wildman–Crippen LogP) is 0.778. The van der Waals surface area contributed by atoms with Gasteiger partial charge >= 0.3 is 0 Å². The third-order valence-electron chi connectivity index (χ3n) is 5.05. The highest BCUT2D eigenvalue weighted by molar-refractivity contribution is 7.26. The fourth-order valence-corrected chi connectivity index (χ4v) is 3.84. The van der Waals surface area contributed by atoms with Crippen molar-refractivity contribution in [1.82, 2.24) is 21.3 Å². The summed E-state index contributed by atoms with van der Waals surface area (Å²) in [6.07, 6.45) is 2.15. The molecule has 0 saturated heterocycles. The summed E-state index contributed by atoms with van der Waals surface area (Å²) in [5.74, 6) is -1.70. The number of benzene rings is 1. The van der Waals surface area contributed by atoms with Gasteiger partial charge in [0.1, 0.15) is 12.1 Å². The van der Waals surface area contributed by atoms with Gasteiger partial charge in [-0.25, -0.2) is 0 Å². The number of nitrogens with two attached hydrogens (primary N) is 1. The lowest BCUT2D eigenvalue weighted by molar-refractivity contribution is -0.132. The van der Waals surface area contributed by atoms with Gasteiger partial charge in [-0.1, -0.05) is 51.1 Å². The first-order valence-electron chi connectivity index (χ1n) is 12.6. The van der Waals surface area contributed by atoms with E-state index in [4.69, 9.17) is 14.8 Å². The number of hydrogen-bond donors (Lipinski definition) is 5. The fourth-order valence-electron chi connectivity index (χ4n) is 3.24. The number of hydrogen-bond acceptors (Lipinski definition) is 7. The van der Waals surface area contributed by atoms with Crippen LogP contribution in [0.25, 0.3) is 0 Å². The molecule has 4 amide bonds. The normalized spacial score (nSPS) is 12.8. The molecule has 0 aliphatic heterocycles. The fraction of sp³-hybridized carbons (Fsp3) is 0.600. The van der Waals surface area contributed by atoms with Crippen molar-refractivity contribution in [3.63, 3.8) is 0 Å². The molecule has 0 radical (unpaired) electrons. The molecular formula is C25H42N5O6P. The van der Waals surface area contributed by atoms with Crippen LogP contribution in [0.2, 0.25) is 0 Å². The van der Waals surface area contributed by atoms with Crippen molar-refractivity contribution >= 4 is 32.7 Å². The van der Waals surface area contributed by atoms with E-state index in [-0.39, 0.29) is 40.4 Å². The Morgan fingerprint density at radius 1 is 0.919 bits per heavy atom. The van der Waals surface area contributed by atoms with Crippen molar-refractivity contribution in [1.29, 1.82) is 0 Å². The van der Waals surface area contributed by atoms with Crippen molar-refractivity contribution in [2.45, 2.75) is 58.5 Å². The molecule has 0 spiro atoms. The Morgan fingerprint density at radius 3 is 2.27 bits per heavy atom. The van der Waals surface area contributed by atoms with Gasteiger partial charge in [0.25, 0.3) is 0 Å². The van der Waals surface area contributed by atoms with Gasteiger partial charge in [-0.2, -0.15) is 0 Å². The van der Waals surface area contributed by atoms with Crippen LogP contribution in [-0.4, -0.2) is 68.6 Å². The molecule has 0 saturated carbocycles. The molecule has 0 heterocycles. The van der Waals surface area contributed by atoms with Gasteiger partial charge in [-0.05, 0) is 30.7 Å². The second-order valence-corrected chi connectivity index (χ2v) is 9.65. The van der Waals surface area contributed by atoms with Gasteiger partial charge in [-0.3, -0.25) is 19.2 Å². The monoisotopic (exact) mass is 539 g/mol. The van der Waals surface area contributed by atoms with Crippen LogP contribution in [0.5, 0.6) is 0 Å². The second-order valence-electron chi connectivity index (χ2n) is 8.91. The van der Waals surface area contributed by atoms with Crippen LogP contribution in [0, 0.1) is 5.92 Å². The Morgan fingerprint density at radius 2 is 1.62 bits per heavy atom. The summed E-state index contributed by atoms with van der Waals surface area (Å²) in [4.78, 5) is 49.9. The van der Waals surface area contributed by atoms with E-state index in [1.165, 1.54) is 0 Å². The van der Waals surface area contributed by atoms with E-state index >= 15 is 0 Å². The second kappa shape index (κ2) is 19.5. The average molecular weight is 540 g/mol. The van der Waals surface area contributed by atoms with Gasteiger partial charge in [0.2, 0.25) is 23.6 Å². The summed E-state index contributed by atoms with van der Waals surface area (Å²) in [5, 5.41) is 10.7. The summed E-state index contributed by atoms with van der Waals surface area (Å²) < 4.78 is 10.6. The van der Waals surface area contributed by atoms with Gasteiger partial charge in [0, 0.05) is 13.0 Å². The zero-order chi connectivity index (χ0) is 27.5. The standard InChI is InChI=1S/C25H42N5O6P/c1-4-12-35-37-36-13-8-11-27-23(32)17-28-24(33)20(14-18(2)3)30-25(34)21(29-22(31)16-26)15-19-9-6-5-7-10-19/h5-7,9-10,18,20-21,37H,4,8,11-17,26H2,1-3H3,(H,27,32)(H,28,33)(H,29,31)(H,30,34). The molecule has 11 nitrogen and oxygen atoms in total. The Labute approximate surface area is 221 Å². The van der Waals surface area contributed by atoms with E-state index in [1.807, 2.05) is 51.1 Å². The van der Waals surface area contributed by atoms with Crippen molar-refractivity contribution in [3.8, 4) is 0 Å². The first-order valence-corrected chi connectivity index (χ1v) is 13.4. The third-order valence-corrected chi connectivity index (χ3v) is 5.70. The summed E-state index contributed by atoms with van der Waals surface area (Å²) in [7, 11) is -0.0120. The van der Waals surface area contributed by atoms with E-state index in [9.17, 15) is 19.2 Å². The molecule has 0 aromatic heterocycles. The molecule has 3 atom stereocenters. The highest BCUT2D eigenvalue weighted by Crippen LogP contribution is 2.13. The molecule has 37 heavy (non-hydrogen) atoms. The Hall–Kier alpha value is -2.59. The van der Waals surface area contributed by atoms with Crippen LogP contribution in [0.4, 0.5) is 0 Å². The predicted molar refractivity (Wildman–Crippen MR) is 144 cm³/mol. The lowest BCUT2D eigenvalue weighted by Crippen LogP contribution is -2.56. The molecule has 1 aromatic carbocycles. The smallest absolute Gasteiger partial charge is 0.243 e. The first-order chi connectivity index (χ1) is 17.8. The minimum absolute atomic E-state index is 0.0120. The van der Waals surface area contributed by atoms with Crippen LogP contribution in [0.1, 0.15) is 45.6 Å². The van der Waals surface area contributed by atoms with Crippen LogP contribution in [-0.2, 0) is 34.6 Å². The SMILES string of the molecule is CCCOPOCCCNC(=O)CNC(=O)C(CC(C)C)NC(=O)C(Cc1ccccc1)NC(=O)CN. The summed E-state index contributed by atoms with van der Waals surface area (Å²) in [6, 6.07) is 7.45. The molecular weight excluding hydrogens is 497 g/mol. The molecule has 208 valence electrons. The summed E-state index contributed by atoms with van der Waals surface area (Å²) >= 11 is 0. The summed E-state index contributed by atoms with van der Waals surface area (Å²) in [6.45, 7) is 6.90. The number of carbonyl (C=O) groups is 4. The lowest BCUT2D eigenvalue weighted by Gasteiger charge is -2.24. The van der Waals surface area contributed by atoms with Crippen molar-refractivity contribution < 1.29 is 28.2 Å². The maximum atomic E-state index is 13.1. The lowest BCUT2D eigenvalue weighted by atomic mass is 10.0. The number of carbonyl (C=O) groups excluding carboxylic acids is 4. The third kappa shape index (κ3) is 15.3. The summed E-state index contributed by atoms with van der Waals surface area (Å²) in [5.41, 5.74) is 6.26. The van der Waals surface area contributed by atoms with Crippen molar-refractivity contribution in [3.05, 3.63) is 35.9 Å². The van der Waals surface area contributed by atoms with E-state index in [2.05, 4.69) is 21.3 Å². The van der Waals surface area contributed by atoms with E-state index in [1.54, 1.807) is 0 Å². The van der Waals surface area contributed by atoms with Crippen LogP contribution in [0.3, 0.4) is 0 Å². The van der Waals surface area contributed by atoms with E-state index in [0.717, 1.165) is 12.0 Å². The zero-order valence-electron chi connectivity index (χ0n) is 22.0. The average Bonchev–Trinajstić information content (AvgIpc) is 2.88. The largest absolute Gasteiger partial charge is 0.354 e. The van der Waals surface area contributed by atoms with Crippen LogP contribution >= 0.6 is 9.03 Å². The van der Waals surface area contributed by atoms with Crippen LogP contribution in [0.15, 0.2) is 30.3 Å². The molecule has 1 aromatic rings. The number of rotatable bonds is 19. The molecule has 0 bridgehead atoms. The minimum atomic E-state index is -0.903. The minimum Gasteiger partial charge on any atom is -0.354 e. The van der Waals surface area contributed by atoms with E-state index in [0.29, 0.717) is 32.6 Å². The Bertz CT molecular complexity index is 827. The van der Waals surface area contributed by atoms with Gasteiger partial charge in [-0.15, -0.1) is 0 Å². The molecule has 3 unspecified atom stereocenters. The highest BCUT2D eigenvalue weighted by atomic mass is 31.1. The molecule has 0 aliphatic carbocycles. The Balaban J connectivity index is 2.59. The first kappa shape index (κ1) is 32.4. The molecule has 12 heteroatoms. The quantitative estimate of drug-likeness (QED) is 0.128. The topological polar surface area (TPSA) is 161 Å². The van der Waals surface area contributed by atoms with E-state index < -0.39 is 29.8 Å². The van der Waals surface area contributed by atoms with Crippen molar-refractivity contribution in [2.24, 2.45) is 11.7 Å².